The minimum Gasteiger partial charge on any atom is -0.391 e. The van der Waals surface area contributed by atoms with E-state index in [2.05, 4.69) is 6.92 Å². The summed E-state index contributed by atoms with van der Waals surface area (Å²) < 4.78 is 10.6. The molecule has 0 amide bonds. The monoisotopic (exact) mass is 188 g/mol. The first-order valence-electron chi connectivity index (χ1n) is 5.06. The van der Waals surface area contributed by atoms with Gasteiger partial charge in [0.25, 0.3) is 0 Å². The molecule has 0 aliphatic carbocycles. The number of rotatable bonds is 6. The van der Waals surface area contributed by atoms with Gasteiger partial charge in [-0.2, -0.15) is 0 Å². The fourth-order valence-electron chi connectivity index (χ4n) is 1.31. The van der Waals surface area contributed by atoms with E-state index in [4.69, 9.17) is 9.47 Å². The van der Waals surface area contributed by atoms with Crippen LogP contribution in [-0.4, -0.2) is 37.6 Å². The van der Waals surface area contributed by atoms with Gasteiger partial charge in [0.05, 0.1) is 32.5 Å². The molecule has 1 N–H and O–H groups in total. The molecule has 0 aromatic rings. The Labute approximate surface area is 80.0 Å². The molecule has 1 rings (SSSR count). The van der Waals surface area contributed by atoms with Crippen LogP contribution in [0.15, 0.2) is 0 Å². The number of aliphatic hydroxyl groups excluding tert-OH is 1. The molecule has 1 saturated heterocycles. The van der Waals surface area contributed by atoms with Crippen LogP contribution in [0, 0.1) is 5.41 Å². The van der Waals surface area contributed by atoms with Gasteiger partial charge in [0.2, 0.25) is 0 Å². The molecule has 0 aromatic carbocycles. The van der Waals surface area contributed by atoms with Crippen molar-refractivity contribution in [1.29, 1.82) is 0 Å². The van der Waals surface area contributed by atoms with E-state index in [0.717, 1.165) is 32.7 Å². The first-order chi connectivity index (χ1) is 6.22. The van der Waals surface area contributed by atoms with Gasteiger partial charge in [-0.15, -0.1) is 0 Å². The SMILES string of the molecule is CCC(O)COCC1(CC)COC1. The average molecular weight is 188 g/mol. The van der Waals surface area contributed by atoms with Crippen LogP contribution in [0.25, 0.3) is 0 Å². The molecule has 78 valence electrons. The van der Waals surface area contributed by atoms with Crippen LogP contribution >= 0.6 is 0 Å². The Morgan fingerprint density at radius 2 is 2.15 bits per heavy atom. The van der Waals surface area contributed by atoms with E-state index in [1.807, 2.05) is 6.92 Å². The van der Waals surface area contributed by atoms with Gasteiger partial charge in [0, 0.05) is 5.41 Å². The van der Waals surface area contributed by atoms with Gasteiger partial charge >= 0.3 is 0 Å². The van der Waals surface area contributed by atoms with Crippen molar-refractivity contribution in [1.82, 2.24) is 0 Å². The average Bonchev–Trinajstić information content (AvgIpc) is 2.09. The van der Waals surface area contributed by atoms with Crippen LogP contribution in [0.5, 0.6) is 0 Å². The van der Waals surface area contributed by atoms with Crippen LogP contribution in [0.2, 0.25) is 0 Å². The second-order valence-electron chi connectivity index (χ2n) is 3.92. The van der Waals surface area contributed by atoms with Crippen LogP contribution in [0.3, 0.4) is 0 Å². The molecule has 3 heteroatoms. The van der Waals surface area contributed by atoms with Crippen LogP contribution in [0.1, 0.15) is 26.7 Å². The third kappa shape index (κ3) is 2.93. The molecule has 0 bridgehead atoms. The third-order valence-corrected chi connectivity index (χ3v) is 2.76. The summed E-state index contributed by atoms with van der Waals surface area (Å²) in [5.41, 5.74) is 0.244. The molecule has 1 heterocycles. The summed E-state index contributed by atoms with van der Waals surface area (Å²) in [6, 6.07) is 0. The highest BCUT2D eigenvalue weighted by atomic mass is 16.5. The van der Waals surface area contributed by atoms with E-state index in [1.165, 1.54) is 0 Å². The molecule has 1 aliphatic rings. The predicted molar refractivity (Wildman–Crippen MR) is 50.7 cm³/mol. The number of aliphatic hydroxyl groups is 1. The molecule has 0 saturated carbocycles. The Bertz CT molecular complexity index is 138. The van der Waals surface area contributed by atoms with E-state index in [-0.39, 0.29) is 11.5 Å². The predicted octanol–water partition coefficient (Wildman–Crippen LogP) is 1.20. The molecule has 0 radical (unpaired) electrons. The summed E-state index contributed by atoms with van der Waals surface area (Å²) in [6.45, 7) is 6.91. The zero-order chi connectivity index (χ0) is 9.73. The fourth-order valence-corrected chi connectivity index (χ4v) is 1.31. The van der Waals surface area contributed by atoms with Gasteiger partial charge in [0.1, 0.15) is 0 Å². The van der Waals surface area contributed by atoms with E-state index in [9.17, 15) is 5.11 Å². The zero-order valence-electron chi connectivity index (χ0n) is 8.58. The fraction of sp³-hybridized carbons (Fsp3) is 1.00. The van der Waals surface area contributed by atoms with Gasteiger partial charge in [-0.3, -0.25) is 0 Å². The van der Waals surface area contributed by atoms with E-state index in [1.54, 1.807) is 0 Å². The summed E-state index contributed by atoms with van der Waals surface area (Å²) in [7, 11) is 0. The minimum absolute atomic E-state index is 0.244. The van der Waals surface area contributed by atoms with Crippen molar-refractivity contribution in [3.8, 4) is 0 Å². The van der Waals surface area contributed by atoms with Crippen molar-refractivity contribution in [3.05, 3.63) is 0 Å². The normalized spacial score (nSPS) is 22.4. The lowest BCUT2D eigenvalue weighted by Crippen LogP contribution is -2.46. The second-order valence-corrected chi connectivity index (χ2v) is 3.92. The van der Waals surface area contributed by atoms with Crippen molar-refractivity contribution >= 4 is 0 Å². The molecule has 1 unspecified atom stereocenters. The first-order valence-corrected chi connectivity index (χ1v) is 5.06. The lowest BCUT2D eigenvalue weighted by molar-refractivity contribution is -0.155. The highest BCUT2D eigenvalue weighted by Crippen LogP contribution is 2.31. The van der Waals surface area contributed by atoms with E-state index < -0.39 is 0 Å². The zero-order valence-corrected chi connectivity index (χ0v) is 8.58. The van der Waals surface area contributed by atoms with Gasteiger partial charge in [-0.25, -0.2) is 0 Å². The molecule has 1 atom stereocenters. The quantitative estimate of drug-likeness (QED) is 0.680. The lowest BCUT2D eigenvalue weighted by atomic mass is 9.84. The van der Waals surface area contributed by atoms with Crippen LogP contribution in [-0.2, 0) is 9.47 Å². The van der Waals surface area contributed by atoms with Crippen molar-refractivity contribution < 1.29 is 14.6 Å². The van der Waals surface area contributed by atoms with Gasteiger partial charge in [-0.1, -0.05) is 13.8 Å². The van der Waals surface area contributed by atoms with Crippen LogP contribution in [0.4, 0.5) is 0 Å². The summed E-state index contributed by atoms with van der Waals surface area (Å²) in [6.07, 6.45) is 1.54. The smallest absolute Gasteiger partial charge is 0.0771 e. The Morgan fingerprint density at radius 3 is 2.54 bits per heavy atom. The molecule has 13 heavy (non-hydrogen) atoms. The molecule has 0 spiro atoms. The van der Waals surface area contributed by atoms with Gasteiger partial charge in [-0.05, 0) is 12.8 Å². The highest BCUT2D eigenvalue weighted by Gasteiger charge is 2.36. The molecular weight excluding hydrogens is 168 g/mol. The molecular formula is C10H20O3. The lowest BCUT2D eigenvalue weighted by Gasteiger charge is -2.40. The molecule has 3 nitrogen and oxygen atoms in total. The van der Waals surface area contributed by atoms with Crippen molar-refractivity contribution in [2.45, 2.75) is 32.8 Å². The van der Waals surface area contributed by atoms with Crippen molar-refractivity contribution in [2.75, 3.05) is 26.4 Å². The Kier molecular flexibility index (Phi) is 4.16. The molecule has 1 aliphatic heterocycles. The Morgan fingerprint density at radius 1 is 1.46 bits per heavy atom. The van der Waals surface area contributed by atoms with Gasteiger partial charge < -0.3 is 14.6 Å². The highest BCUT2D eigenvalue weighted by molar-refractivity contribution is 4.83. The maximum Gasteiger partial charge on any atom is 0.0771 e. The maximum absolute atomic E-state index is 9.26. The third-order valence-electron chi connectivity index (χ3n) is 2.76. The van der Waals surface area contributed by atoms with Crippen molar-refractivity contribution in [3.63, 3.8) is 0 Å². The second kappa shape index (κ2) is 4.94. The Hall–Kier alpha value is -0.120. The summed E-state index contributed by atoms with van der Waals surface area (Å²) in [5, 5.41) is 9.26. The van der Waals surface area contributed by atoms with Crippen LogP contribution < -0.4 is 0 Å². The van der Waals surface area contributed by atoms with Gasteiger partial charge in [0.15, 0.2) is 0 Å². The molecule has 1 fully saturated rings. The topological polar surface area (TPSA) is 38.7 Å². The number of hydrogen-bond donors (Lipinski definition) is 1. The summed E-state index contributed by atoms with van der Waals surface area (Å²) in [4.78, 5) is 0. The number of hydrogen-bond acceptors (Lipinski definition) is 3. The number of ether oxygens (including phenoxy) is 2. The molecule has 0 aromatic heterocycles. The first kappa shape index (κ1) is 11.0. The largest absolute Gasteiger partial charge is 0.391 e. The van der Waals surface area contributed by atoms with E-state index >= 15 is 0 Å². The maximum atomic E-state index is 9.26. The summed E-state index contributed by atoms with van der Waals surface area (Å²) >= 11 is 0. The Balaban J connectivity index is 2.10. The summed E-state index contributed by atoms with van der Waals surface area (Å²) in [5.74, 6) is 0. The van der Waals surface area contributed by atoms with Crippen molar-refractivity contribution in [2.24, 2.45) is 5.41 Å². The van der Waals surface area contributed by atoms with E-state index in [0.29, 0.717) is 6.61 Å². The minimum atomic E-state index is -0.310. The standard InChI is InChI=1S/C10H20O3/c1-3-9(11)5-12-6-10(4-2)7-13-8-10/h9,11H,3-8H2,1-2H3.